The number of nitrogens with two attached hydrogens (primary N) is 1. The molecule has 4 heteroatoms. The zero-order valence-corrected chi connectivity index (χ0v) is 15.3. The maximum Gasteiger partial charge on any atom is 0.154 e. The molecule has 3 aromatic carbocycles. The van der Waals surface area contributed by atoms with Gasteiger partial charge >= 0.3 is 0 Å². The van der Waals surface area contributed by atoms with E-state index in [2.05, 4.69) is 60.8 Å². The van der Waals surface area contributed by atoms with E-state index in [1.165, 1.54) is 16.3 Å². The Hall–Kier alpha value is -3.24. The molecule has 4 rings (SSSR count). The summed E-state index contributed by atoms with van der Waals surface area (Å²) in [4.78, 5) is 9.47. The van der Waals surface area contributed by atoms with E-state index in [-0.39, 0.29) is 0 Å². The van der Waals surface area contributed by atoms with Crippen LogP contribution in [0, 0.1) is 6.92 Å². The monoisotopic (exact) mass is 354 g/mol. The lowest BCUT2D eigenvalue weighted by Gasteiger charge is -2.10. The highest BCUT2D eigenvalue weighted by atomic mass is 15.0. The summed E-state index contributed by atoms with van der Waals surface area (Å²) in [5.41, 5.74) is 8.97. The van der Waals surface area contributed by atoms with E-state index in [0.717, 1.165) is 22.3 Å². The maximum absolute atomic E-state index is 5.68. The molecule has 0 unspecified atom stereocenters. The Labute approximate surface area is 158 Å². The molecule has 1 heterocycles. The number of hydrogen-bond donors (Lipinski definition) is 2. The van der Waals surface area contributed by atoms with E-state index in [9.17, 15) is 0 Å². The van der Waals surface area contributed by atoms with Gasteiger partial charge in [-0.1, -0.05) is 60.2 Å². The number of rotatable bonds is 5. The first kappa shape index (κ1) is 17.2. The predicted molar refractivity (Wildman–Crippen MR) is 115 cm³/mol. The van der Waals surface area contributed by atoms with Gasteiger partial charge < -0.3 is 11.1 Å². The Morgan fingerprint density at radius 3 is 2.41 bits per heavy atom. The summed E-state index contributed by atoms with van der Waals surface area (Å²) in [7, 11) is 0. The van der Waals surface area contributed by atoms with E-state index >= 15 is 0 Å². The molecule has 0 spiro atoms. The molecule has 1 aromatic heterocycles. The molecule has 4 aromatic rings. The second-order valence-corrected chi connectivity index (χ2v) is 6.61. The number of aromatic nitrogens is 2. The van der Waals surface area contributed by atoms with Crippen LogP contribution in [0.15, 0.2) is 60.7 Å². The third kappa shape index (κ3) is 3.81. The second kappa shape index (κ2) is 7.56. The van der Waals surface area contributed by atoms with Gasteiger partial charge in [-0.2, -0.15) is 0 Å². The van der Waals surface area contributed by atoms with Crippen LogP contribution in [0.25, 0.3) is 33.8 Å². The second-order valence-electron chi connectivity index (χ2n) is 6.61. The van der Waals surface area contributed by atoms with Crippen LogP contribution in [0.2, 0.25) is 0 Å². The summed E-state index contributed by atoms with van der Waals surface area (Å²) in [6.45, 7) is 3.30. The lowest BCUT2D eigenvalue weighted by atomic mass is 10.1. The molecule has 0 fully saturated rings. The highest BCUT2D eigenvalue weighted by Crippen LogP contribution is 2.26. The molecule has 4 nitrogen and oxygen atoms in total. The molecule has 0 aliphatic heterocycles. The van der Waals surface area contributed by atoms with Crippen LogP contribution in [-0.4, -0.2) is 23.1 Å². The van der Waals surface area contributed by atoms with Crippen molar-refractivity contribution in [1.29, 1.82) is 0 Å². The molecule has 0 atom stereocenters. The Bertz CT molecular complexity index is 1110. The van der Waals surface area contributed by atoms with Gasteiger partial charge in [0.05, 0.1) is 5.52 Å². The third-order valence-electron chi connectivity index (χ3n) is 4.52. The van der Waals surface area contributed by atoms with Crippen molar-refractivity contribution in [2.24, 2.45) is 5.73 Å². The molecule has 0 aliphatic rings. The predicted octanol–water partition coefficient (Wildman–Crippen LogP) is 4.63. The van der Waals surface area contributed by atoms with E-state index in [0.29, 0.717) is 18.9 Å². The summed E-state index contributed by atoms with van der Waals surface area (Å²) >= 11 is 0. The first-order valence-electron chi connectivity index (χ1n) is 9.12. The Morgan fingerprint density at radius 2 is 1.67 bits per heavy atom. The SMILES string of the molecule is Cc1ccc(/C=C/c2nc(NCCN)c3cc4ccccc4cc3n2)cc1. The average Bonchev–Trinajstić information content (AvgIpc) is 2.70. The van der Waals surface area contributed by atoms with E-state index < -0.39 is 0 Å². The molecule has 0 bridgehead atoms. The number of aryl methyl sites for hydroxylation is 1. The average molecular weight is 354 g/mol. The lowest BCUT2D eigenvalue weighted by molar-refractivity contribution is 1.01. The highest BCUT2D eigenvalue weighted by Gasteiger charge is 2.08. The molecule has 27 heavy (non-hydrogen) atoms. The number of nitrogens with one attached hydrogen (secondary N) is 1. The molecule has 0 saturated heterocycles. The minimum atomic E-state index is 0.549. The minimum Gasteiger partial charge on any atom is -0.368 e. The van der Waals surface area contributed by atoms with Gasteiger partial charge in [-0.05, 0) is 41.5 Å². The van der Waals surface area contributed by atoms with Crippen molar-refractivity contribution in [3.8, 4) is 0 Å². The smallest absolute Gasteiger partial charge is 0.154 e. The lowest BCUT2D eigenvalue weighted by Crippen LogP contribution is -2.14. The van der Waals surface area contributed by atoms with Crippen molar-refractivity contribution in [2.75, 3.05) is 18.4 Å². The van der Waals surface area contributed by atoms with Gasteiger partial charge in [-0.25, -0.2) is 9.97 Å². The van der Waals surface area contributed by atoms with Gasteiger partial charge in [-0.3, -0.25) is 0 Å². The molecular weight excluding hydrogens is 332 g/mol. The minimum absolute atomic E-state index is 0.549. The number of hydrogen-bond acceptors (Lipinski definition) is 4. The Morgan fingerprint density at radius 1 is 0.926 bits per heavy atom. The number of anilines is 1. The standard InChI is InChI=1S/C23H22N4/c1-16-6-8-17(9-7-16)10-11-22-26-21-15-19-5-3-2-4-18(19)14-20(21)23(27-22)25-13-12-24/h2-11,14-15H,12-13,24H2,1H3,(H,25,26,27)/b11-10+. The van der Waals surface area contributed by atoms with Crippen LogP contribution in [0.5, 0.6) is 0 Å². The molecule has 0 amide bonds. The van der Waals surface area contributed by atoms with E-state index in [4.69, 9.17) is 15.7 Å². The fourth-order valence-electron chi connectivity index (χ4n) is 3.08. The van der Waals surface area contributed by atoms with Gasteiger partial charge in [0, 0.05) is 18.5 Å². The van der Waals surface area contributed by atoms with Crippen LogP contribution in [0.4, 0.5) is 5.82 Å². The summed E-state index contributed by atoms with van der Waals surface area (Å²) in [5, 5.41) is 6.69. The van der Waals surface area contributed by atoms with Crippen molar-refractivity contribution in [3.05, 3.63) is 77.6 Å². The molecule has 0 radical (unpaired) electrons. The zero-order valence-electron chi connectivity index (χ0n) is 15.3. The van der Waals surface area contributed by atoms with Crippen molar-refractivity contribution >= 4 is 39.6 Å². The van der Waals surface area contributed by atoms with Crippen molar-refractivity contribution in [3.63, 3.8) is 0 Å². The fraction of sp³-hybridized carbons (Fsp3) is 0.130. The van der Waals surface area contributed by atoms with Gasteiger partial charge in [0.25, 0.3) is 0 Å². The van der Waals surface area contributed by atoms with Gasteiger partial charge in [-0.15, -0.1) is 0 Å². The maximum atomic E-state index is 5.68. The number of nitrogens with zero attached hydrogens (tertiary/aromatic N) is 2. The zero-order chi connectivity index (χ0) is 18.6. The normalized spacial score (nSPS) is 11.5. The first-order chi connectivity index (χ1) is 13.2. The van der Waals surface area contributed by atoms with Gasteiger partial charge in [0.2, 0.25) is 0 Å². The van der Waals surface area contributed by atoms with Crippen LogP contribution in [0.3, 0.4) is 0 Å². The van der Waals surface area contributed by atoms with Crippen LogP contribution >= 0.6 is 0 Å². The Kier molecular flexibility index (Phi) is 4.81. The van der Waals surface area contributed by atoms with Crippen molar-refractivity contribution in [1.82, 2.24) is 9.97 Å². The van der Waals surface area contributed by atoms with Crippen LogP contribution in [0.1, 0.15) is 17.0 Å². The van der Waals surface area contributed by atoms with Gasteiger partial charge in [0.15, 0.2) is 5.82 Å². The van der Waals surface area contributed by atoms with E-state index in [1.807, 2.05) is 24.3 Å². The first-order valence-corrected chi connectivity index (χ1v) is 9.12. The molecule has 134 valence electrons. The number of benzene rings is 3. The van der Waals surface area contributed by atoms with Crippen LogP contribution < -0.4 is 11.1 Å². The largest absolute Gasteiger partial charge is 0.368 e. The Balaban J connectivity index is 1.80. The number of fused-ring (bicyclic) bond motifs is 2. The summed E-state index contributed by atoms with van der Waals surface area (Å²) in [5.74, 6) is 1.50. The van der Waals surface area contributed by atoms with Crippen molar-refractivity contribution < 1.29 is 0 Å². The third-order valence-corrected chi connectivity index (χ3v) is 4.52. The summed E-state index contributed by atoms with van der Waals surface area (Å²) in [6, 6.07) is 20.9. The topological polar surface area (TPSA) is 63.8 Å². The van der Waals surface area contributed by atoms with Crippen LogP contribution in [-0.2, 0) is 0 Å². The fourth-order valence-corrected chi connectivity index (χ4v) is 3.08. The van der Waals surface area contributed by atoms with Crippen molar-refractivity contribution in [2.45, 2.75) is 6.92 Å². The molecule has 0 aliphatic carbocycles. The molecular formula is C23H22N4. The molecule has 0 saturated carbocycles. The quantitative estimate of drug-likeness (QED) is 0.513. The summed E-state index contributed by atoms with van der Waals surface area (Å²) in [6.07, 6.45) is 3.99. The highest BCUT2D eigenvalue weighted by molar-refractivity contribution is 6.01. The van der Waals surface area contributed by atoms with E-state index in [1.54, 1.807) is 0 Å². The van der Waals surface area contributed by atoms with Gasteiger partial charge in [0.1, 0.15) is 5.82 Å². The molecule has 3 N–H and O–H groups in total. The summed E-state index contributed by atoms with van der Waals surface area (Å²) < 4.78 is 0.